The van der Waals surface area contributed by atoms with Crippen molar-refractivity contribution in [3.05, 3.63) is 200 Å². The van der Waals surface area contributed by atoms with Gasteiger partial charge in [-0.3, -0.25) is 0 Å². The maximum atomic E-state index is 6.96. The predicted molar refractivity (Wildman–Crippen MR) is 259 cm³/mol. The van der Waals surface area contributed by atoms with E-state index in [4.69, 9.17) is 19.4 Å². The van der Waals surface area contributed by atoms with Crippen LogP contribution in [-0.2, 0) is 12.0 Å². The summed E-state index contributed by atoms with van der Waals surface area (Å²) in [6.07, 6.45) is 21.1. The molecule has 0 aliphatic heterocycles. The maximum Gasteiger partial charge on any atom is 0.164 e. The Morgan fingerprint density at radius 3 is 2.10 bits per heavy atom. The molecule has 5 heteroatoms. The summed E-state index contributed by atoms with van der Waals surface area (Å²) in [5.74, 6) is 2.95. The van der Waals surface area contributed by atoms with Gasteiger partial charge in [0.25, 0.3) is 0 Å². The standard InChI is InChI=1S/C57H46N4O/c1-4-6-8-9-11-20-38(19-7-5-2)54-58-55(39-21-12-10-13-22-39)60-56(59-54)45-27-18-28-50-51(45)52-53(62-50)44-30-29-37(3)57(52,35-44)36-61-48-33-42-25-16-14-23-40(42)31-46(48)47-32-41-24-15-17-26-43(41)34-49(47)61/h4-5,7,10,12-35,37H,1-2,6,8-9,11,36H2,3H3/b19-7-,38-20+/t37-,57?/m0/s1. The van der Waals surface area contributed by atoms with Gasteiger partial charge in [-0.15, -0.1) is 6.58 Å². The van der Waals surface area contributed by atoms with Gasteiger partial charge in [-0.1, -0.05) is 153 Å². The number of unbranched alkanes of at least 4 members (excludes halogenated alkanes) is 3. The van der Waals surface area contributed by atoms with Gasteiger partial charge in [0.15, 0.2) is 17.5 Å². The zero-order valence-corrected chi connectivity index (χ0v) is 34.9. The van der Waals surface area contributed by atoms with E-state index in [1.807, 2.05) is 30.4 Å². The first-order valence-electron chi connectivity index (χ1n) is 21.8. The number of nitrogens with zero attached hydrogens (tertiary/aromatic N) is 4. The number of hydrogen-bond donors (Lipinski definition) is 0. The average molecular weight is 803 g/mol. The smallest absolute Gasteiger partial charge is 0.164 e. The number of aromatic nitrogens is 4. The highest BCUT2D eigenvalue weighted by molar-refractivity contribution is 6.16. The Labute approximate surface area is 361 Å². The van der Waals surface area contributed by atoms with Crippen molar-refractivity contribution in [1.82, 2.24) is 19.5 Å². The summed E-state index contributed by atoms with van der Waals surface area (Å²) in [7, 11) is 0. The quantitative estimate of drug-likeness (QED) is 0.0701. The van der Waals surface area contributed by atoms with Gasteiger partial charge in [0.2, 0.25) is 0 Å². The van der Waals surface area contributed by atoms with Gasteiger partial charge in [0.1, 0.15) is 11.3 Å². The van der Waals surface area contributed by atoms with E-state index in [0.29, 0.717) is 17.5 Å². The number of fused-ring (bicyclic) bond motifs is 11. The SMILES string of the molecule is C=C/C=C\C(=C/CCCCC=C)c1nc(-c2ccccc2)nc(-c2cccc3oc4c(c23)C2(Cn3c5cc6ccccc6cc5c5cc6ccccc6cc53)C=C4C=C[C@@H]2C)n1. The van der Waals surface area contributed by atoms with E-state index in [-0.39, 0.29) is 5.92 Å². The Kier molecular flexibility index (Phi) is 9.26. The molecular weight excluding hydrogens is 757 g/mol. The first-order chi connectivity index (χ1) is 30.5. The zero-order valence-electron chi connectivity index (χ0n) is 34.9. The Morgan fingerprint density at radius 1 is 0.742 bits per heavy atom. The molecule has 3 heterocycles. The Hall–Kier alpha value is -7.37. The fourth-order valence-electron chi connectivity index (χ4n) is 9.90. The fraction of sp³-hybridized carbons (Fsp3) is 0.140. The summed E-state index contributed by atoms with van der Waals surface area (Å²) in [4.78, 5) is 15.7. The van der Waals surface area contributed by atoms with Crippen LogP contribution in [0.5, 0.6) is 0 Å². The lowest BCUT2D eigenvalue weighted by atomic mass is 9.70. The van der Waals surface area contributed by atoms with E-state index in [9.17, 15) is 0 Å². The van der Waals surface area contributed by atoms with E-state index in [1.165, 1.54) is 48.9 Å². The summed E-state index contributed by atoms with van der Waals surface area (Å²) in [6.45, 7) is 10.9. The molecule has 0 fully saturated rings. The molecule has 1 unspecified atom stereocenters. The van der Waals surface area contributed by atoms with Gasteiger partial charge >= 0.3 is 0 Å². The highest BCUT2D eigenvalue weighted by atomic mass is 16.3. The van der Waals surface area contributed by atoms with Gasteiger partial charge in [0.05, 0.1) is 0 Å². The minimum atomic E-state index is -0.432. The van der Waals surface area contributed by atoms with Crippen LogP contribution in [-0.4, -0.2) is 19.5 Å². The molecule has 0 saturated heterocycles. The van der Waals surface area contributed by atoms with Crippen LogP contribution >= 0.6 is 0 Å². The molecule has 2 bridgehead atoms. The Morgan fingerprint density at radius 2 is 1.40 bits per heavy atom. The highest BCUT2D eigenvalue weighted by Gasteiger charge is 2.48. The second kappa shape index (κ2) is 15.3. The summed E-state index contributed by atoms with van der Waals surface area (Å²) in [6, 6.07) is 43.5. The van der Waals surface area contributed by atoms with Crippen LogP contribution in [0.4, 0.5) is 0 Å². The minimum absolute atomic E-state index is 0.156. The third-order valence-corrected chi connectivity index (χ3v) is 13.1. The Balaban J connectivity index is 1.13. The molecule has 3 aromatic heterocycles. The first kappa shape index (κ1) is 37.6. The van der Waals surface area contributed by atoms with E-state index < -0.39 is 5.41 Å². The average Bonchev–Trinajstić information content (AvgIpc) is 3.93. The van der Waals surface area contributed by atoms with Crippen LogP contribution in [0.25, 0.3) is 88.2 Å². The molecule has 300 valence electrons. The normalized spacial score (nSPS) is 17.2. The van der Waals surface area contributed by atoms with E-state index in [0.717, 1.165) is 71.2 Å². The van der Waals surface area contributed by atoms with Crippen LogP contribution < -0.4 is 0 Å². The van der Waals surface area contributed by atoms with Crippen molar-refractivity contribution in [2.75, 3.05) is 0 Å². The lowest BCUT2D eigenvalue weighted by Crippen LogP contribution is -2.35. The monoisotopic (exact) mass is 802 g/mol. The molecule has 0 spiro atoms. The molecule has 2 aliphatic carbocycles. The van der Waals surface area contributed by atoms with Gasteiger partial charge in [-0.2, -0.15) is 0 Å². The van der Waals surface area contributed by atoms with E-state index >= 15 is 0 Å². The van der Waals surface area contributed by atoms with E-state index in [1.54, 1.807) is 6.08 Å². The van der Waals surface area contributed by atoms with Crippen LogP contribution in [0.15, 0.2) is 188 Å². The topological polar surface area (TPSA) is 56.7 Å². The third-order valence-electron chi connectivity index (χ3n) is 13.1. The van der Waals surface area contributed by atoms with Crippen LogP contribution in [0.3, 0.4) is 0 Å². The second-order valence-corrected chi connectivity index (χ2v) is 16.8. The predicted octanol–water partition coefficient (Wildman–Crippen LogP) is 14.8. The molecule has 0 N–H and O–H groups in total. The second-order valence-electron chi connectivity index (χ2n) is 16.8. The van der Waals surface area contributed by atoms with Crippen LogP contribution in [0.2, 0.25) is 0 Å². The van der Waals surface area contributed by atoms with E-state index in [2.05, 4.69) is 158 Å². The van der Waals surface area contributed by atoms with Crippen molar-refractivity contribution >= 4 is 65.5 Å². The number of rotatable bonds is 12. The van der Waals surface area contributed by atoms with Gasteiger partial charge in [0, 0.05) is 67.0 Å². The third kappa shape index (κ3) is 6.18. The van der Waals surface area contributed by atoms with Crippen molar-refractivity contribution in [2.45, 2.75) is 44.6 Å². The lowest BCUT2D eigenvalue weighted by Gasteiger charge is -2.35. The molecule has 62 heavy (non-hydrogen) atoms. The van der Waals surface area contributed by atoms with Crippen molar-refractivity contribution in [3.63, 3.8) is 0 Å². The number of furan rings is 1. The van der Waals surface area contributed by atoms with Gasteiger partial charge in [-0.25, -0.2) is 15.0 Å². The first-order valence-corrected chi connectivity index (χ1v) is 21.8. The van der Waals surface area contributed by atoms with Gasteiger partial charge < -0.3 is 8.98 Å². The highest BCUT2D eigenvalue weighted by Crippen LogP contribution is 2.56. The molecule has 2 atom stereocenters. The van der Waals surface area contributed by atoms with Gasteiger partial charge in [-0.05, 0) is 83.5 Å². The fourth-order valence-corrected chi connectivity index (χ4v) is 9.90. The van der Waals surface area contributed by atoms with Crippen molar-refractivity contribution in [1.29, 1.82) is 0 Å². The largest absolute Gasteiger partial charge is 0.456 e. The minimum Gasteiger partial charge on any atom is -0.456 e. The molecular formula is C57H46N4O. The van der Waals surface area contributed by atoms with Crippen molar-refractivity contribution in [3.8, 4) is 22.8 Å². The molecule has 2 aliphatic rings. The molecule has 9 aromatic rings. The molecule has 11 rings (SSSR count). The number of benzene rings is 6. The zero-order chi connectivity index (χ0) is 41.8. The molecule has 5 nitrogen and oxygen atoms in total. The number of hydrogen-bond acceptors (Lipinski definition) is 4. The van der Waals surface area contributed by atoms with Crippen molar-refractivity contribution < 1.29 is 4.42 Å². The molecule has 0 saturated carbocycles. The maximum absolute atomic E-state index is 6.96. The summed E-state index contributed by atoms with van der Waals surface area (Å²) in [5, 5.41) is 8.53. The summed E-state index contributed by atoms with van der Waals surface area (Å²) < 4.78 is 9.54. The molecule has 0 amide bonds. The number of allylic oxidation sites excluding steroid dienone is 10. The van der Waals surface area contributed by atoms with Crippen LogP contribution in [0.1, 0.15) is 49.8 Å². The molecule has 0 radical (unpaired) electrons. The summed E-state index contributed by atoms with van der Waals surface area (Å²) in [5.41, 5.74) is 7.97. The Bertz CT molecular complexity index is 3300. The van der Waals surface area contributed by atoms with Crippen LogP contribution in [0, 0.1) is 5.92 Å². The summed E-state index contributed by atoms with van der Waals surface area (Å²) >= 11 is 0. The lowest BCUT2D eigenvalue weighted by molar-refractivity contribution is 0.375. The van der Waals surface area contributed by atoms with Crippen molar-refractivity contribution in [2.24, 2.45) is 5.92 Å². The molecule has 6 aromatic carbocycles.